The van der Waals surface area contributed by atoms with Crippen molar-refractivity contribution in [3.05, 3.63) is 69.9 Å². The second kappa shape index (κ2) is 5.24. The van der Waals surface area contributed by atoms with Crippen LogP contribution in [0.3, 0.4) is 0 Å². The van der Waals surface area contributed by atoms with Crippen molar-refractivity contribution in [2.24, 2.45) is 4.99 Å². The molecule has 0 unspecified atom stereocenters. The Balaban J connectivity index is 2.21. The minimum absolute atomic E-state index is 0.0228. The van der Waals surface area contributed by atoms with Gasteiger partial charge in [-0.15, -0.1) is 0 Å². The van der Waals surface area contributed by atoms with E-state index in [9.17, 15) is 14.7 Å². The molecule has 0 atom stereocenters. The maximum absolute atomic E-state index is 12.7. The van der Waals surface area contributed by atoms with Gasteiger partial charge in [-0.3, -0.25) is 9.59 Å². The van der Waals surface area contributed by atoms with Crippen molar-refractivity contribution in [2.75, 3.05) is 0 Å². The van der Waals surface area contributed by atoms with Crippen LogP contribution in [0.1, 0.15) is 33.3 Å². The fourth-order valence-electron chi connectivity index (χ4n) is 4.38. The van der Waals surface area contributed by atoms with Gasteiger partial charge >= 0.3 is 0 Å². The number of allylic oxidation sites excluding steroid dienone is 8. The lowest BCUT2D eigenvalue weighted by molar-refractivity contribution is -0.112. The van der Waals surface area contributed by atoms with Crippen LogP contribution in [0.4, 0.5) is 5.69 Å². The van der Waals surface area contributed by atoms with E-state index in [-0.39, 0.29) is 17.3 Å². The summed E-state index contributed by atoms with van der Waals surface area (Å²) in [4.78, 5) is 29.6. The largest absolute Gasteiger partial charge is 0.508 e. The number of benzene rings is 1. The van der Waals surface area contributed by atoms with Crippen LogP contribution < -0.4 is 0 Å². The van der Waals surface area contributed by atoms with E-state index in [4.69, 9.17) is 4.99 Å². The van der Waals surface area contributed by atoms with E-state index in [0.29, 0.717) is 11.1 Å². The lowest BCUT2D eigenvalue weighted by Gasteiger charge is -2.46. The van der Waals surface area contributed by atoms with Crippen molar-refractivity contribution in [1.29, 1.82) is 0 Å². The number of hydrogen-bond acceptors (Lipinski definition) is 4. The number of nitrogens with zero attached hydrogens (tertiary/aromatic N) is 1. The molecule has 3 aliphatic rings. The van der Waals surface area contributed by atoms with Gasteiger partial charge < -0.3 is 5.11 Å². The van der Waals surface area contributed by atoms with Gasteiger partial charge in [0.25, 0.3) is 0 Å². The minimum atomic E-state index is -0.770. The first-order valence-electron chi connectivity index (χ1n) is 8.56. The molecule has 0 saturated heterocycles. The lowest BCUT2D eigenvalue weighted by atomic mass is 9.57. The predicted molar refractivity (Wildman–Crippen MR) is 101 cm³/mol. The molecular formula is C22H19NO3. The molecule has 0 saturated carbocycles. The first-order chi connectivity index (χ1) is 12.3. The molecule has 130 valence electrons. The standard InChI is InChI=1S/C22H19NO3/c1-11-13(3)22(14(4)12(2)21(11)26)17-9-15(24)5-7-19(17)23-20-8-6-16(25)10-18(20)22/h5-10,24H,1-4H3. The second-order valence-corrected chi connectivity index (χ2v) is 7.07. The molecule has 0 amide bonds. The molecule has 1 aromatic rings. The van der Waals surface area contributed by atoms with E-state index in [2.05, 4.69) is 0 Å². The van der Waals surface area contributed by atoms with Crippen molar-refractivity contribution >= 4 is 23.0 Å². The lowest BCUT2D eigenvalue weighted by Crippen LogP contribution is -2.42. The van der Waals surface area contributed by atoms with Crippen LogP contribution >= 0.6 is 0 Å². The Morgan fingerprint density at radius 2 is 1.62 bits per heavy atom. The molecule has 2 aliphatic carbocycles. The molecule has 1 heterocycles. The fourth-order valence-corrected chi connectivity index (χ4v) is 4.38. The van der Waals surface area contributed by atoms with Crippen LogP contribution in [-0.2, 0) is 15.0 Å². The number of aliphatic imine (C=N–C) groups is 1. The summed E-state index contributed by atoms with van der Waals surface area (Å²) < 4.78 is 0. The van der Waals surface area contributed by atoms with Crippen molar-refractivity contribution in [2.45, 2.75) is 33.1 Å². The molecular weight excluding hydrogens is 326 g/mol. The monoisotopic (exact) mass is 345 g/mol. The maximum Gasteiger partial charge on any atom is 0.184 e. The number of rotatable bonds is 0. The van der Waals surface area contributed by atoms with Gasteiger partial charge in [-0.05, 0) is 86.4 Å². The van der Waals surface area contributed by atoms with Crippen LogP contribution in [0, 0.1) is 0 Å². The van der Waals surface area contributed by atoms with Gasteiger partial charge in [0.1, 0.15) is 5.75 Å². The normalized spacial score (nSPS) is 20.9. The van der Waals surface area contributed by atoms with E-state index in [1.807, 2.05) is 27.7 Å². The summed E-state index contributed by atoms with van der Waals surface area (Å²) in [5.74, 6) is 0.0530. The highest BCUT2D eigenvalue weighted by Crippen LogP contribution is 2.56. The number of ketones is 2. The number of fused-ring (bicyclic) bond motifs is 4. The third kappa shape index (κ3) is 1.87. The van der Waals surface area contributed by atoms with Gasteiger partial charge in [0.05, 0.1) is 16.8 Å². The number of phenolic OH excluding ortho intramolecular Hbond substituents is 1. The Labute approximate surface area is 152 Å². The van der Waals surface area contributed by atoms with Crippen LogP contribution in [0.5, 0.6) is 5.75 Å². The Bertz CT molecular complexity index is 1030. The Morgan fingerprint density at radius 1 is 0.962 bits per heavy atom. The van der Waals surface area contributed by atoms with Gasteiger partial charge in [-0.2, -0.15) is 0 Å². The molecule has 0 fully saturated rings. The van der Waals surface area contributed by atoms with Gasteiger partial charge in [-0.1, -0.05) is 0 Å². The zero-order chi connectivity index (χ0) is 18.8. The van der Waals surface area contributed by atoms with E-state index in [1.54, 1.807) is 30.4 Å². The number of aromatic hydroxyl groups is 1. The maximum atomic E-state index is 12.7. The van der Waals surface area contributed by atoms with E-state index < -0.39 is 5.41 Å². The van der Waals surface area contributed by atoms with Gasteiger partial charge in [0.15, 0.2) is 11.6 Å². The van der Waals surface area contributed by atoms with Crippen LogP contribution in [-0.4, -0.2) is 22.4 Å². The van der Waals surface area contributed by atoms with E-state index >= 15 is 0 Å². The average Bonchev–Trinajstić information content (AvgIpc) is 2.63. The minimum Gasteiger partial charge on any atom is -0.508 e. The molecule has 4 nitrogen and oxygen atoms in total. The summed E-state index contributed by atoms with van der Waals surface area (Å²) >= 11 is 0. The Kier molecular flexibility index (Phi) is 3.32. The number of carbonyl (C=O) groups excluding carboxylic acids is 2. The zero-order valence-corrected chi connectivity index (χ0v) is 15.2. The highest BCUT2D eigenvalue weighted by Gasteiger charge is 2.50. The van der Waals surface area contributed by atoms with Gasteiger partial charge in [0.2, 0.25) is 0 Å². The smallest absolute Gasteiger partial charge is 0.184 e. The molecule has 1 aromatic carbocycles. The van der Waals surface area contributed by atoms with Crippen molar-refractivity contribution in [1.82, 2.24) is 0 Å². The summed E-state index contributed by atoms with van der Waals surface area (Å²) in [7, 11) is 0. The molecule has 1 aliphatic heterocycles. The van der Waals surface area contributed by atoms with Crippen LogP contribution in [0.25, 0.3) is 0 Å². The molecule has 1 N–H and O–H groups in total. The topological polar surface area (TPSA) is 66.7 Å². The number of phenols is 1. The second-order valence-electron chi connectivity index (χ2n) is 7.07. The summed E-state index contributed by atoms with van der Waals surface area (Å²) in [5, 5.41) is 10.2. The quantitative estimate of drug-likeness (QED) is 0.722. The third-order valence-corrected chi connectivity index (χ3v) is 5.93. The number of hydrogen-bond donors (Lipinski definition) is 1. The highest BCUT2D eigenvalue weighted by molar-refractivity contribution is 6.24. The fraction of sp³-hybridized carbons (Fsp3) is 0.227. The van der Waals surface area contributed by atoms with E-state index in [0.717, 1.165) is 33.7 Å². The van der Waals surface area contributed by atoms with Crippen LogP contribution in [0.2, 0.25) is 0 Å². The van der Waals surface area contributed by atoms with Crippen molar-refractivity contribution in [3.8, 4) is 5.75 Å². The van der Waals surface area contributed by atoms with Gasteiger partial charge in [-0.25, -0.2) is 4.99 Å². The number of Topliss-reactive ketones (excluding diaryl/α,β-unsaturated/α-hetero) is 1. The molecule has 26 heavy (non-hydrogen) atoms. The molecule has 0 aromatic heterocycles. The predicted octanol–water partition coefficient (Wildman–Crippen LogP) is 4.04. The number of carbonyl (C=O) groups is 2. The summed E-state index contributed by atoms with van der Waals surface area (Å²) in [5.41, 5.74) is 5.35. The Morgan fingerprint density at radius 3 is 2.27 bits per heavy atom. The highest BCUT2D eigenvalue weighted by atomic mass is 16.3. The zero-order valence-electron chi connectivity index (χ0n) is 15.2. The first-order valence-corrected chi connectivity index (χ1v) is 8.56. The average molecular weight is 345 g/mol. The molecule has 0 bridgehead atoms. The Hall–Kier alpha value is -3.01. The molecule has 4 heteroatoms. The van der Waals surface area contributed by atoms with Crippen molar-refractivity contribution in [3.63, 3.8) is 0 Å². The SMILES string of the molecule is CC1=C(C)C2(C3=CC(=O)C=CC3=Nc3ccc(O)cc32)C(C)=C(C)C1=O. The molecule has 4 rings (SSSR count). The van der Waals surface area contributed by atoms with Crippen LogP contribution in [0.15, 0.2) is 69.3 Å². The summed E-state index contributed by atoms with van der Waals surface area (Å²) in [6.45, 7) is 7.52. The van der Waals surface area contributed by atoms with E-state index in [1.165, 1.54) is 6.08 Å². The van der Waals surface area contributed by atoms with Gasteiger partial charge in [0, 0.05) is 11.1 Å². The first kappa shape index (κ1) is 16.5. The third-order valence-electron chi connectivity index (χ3n) is 5.93. The summed E-state index contributed by atoms with van der Waals surface area (Å²) in [6.07, 6.45) is 4.85. The molecule has 0 radical (unpaired) electrons. The van der Waals surface area contributed by atoms with Crippen molar-refractivity contribution < 1.29 is 14.7 Å². The summed E-state index contributed by atoms with van der Waals surface area (Å²) in [6, 6.07) is 5.08. The molecule has 1 spiro atoms.